The summed E-state index contributed by atoms with van der Waals surface area (Å²) in [6.07, 6.45) is 4.55. The Morgan fingerprint density at radius 1 is 1.19 bits per heavy atom. The summed E-state index contributed by atoms with van der Waals surface area (Å²) in [6.45, 7) is 3.89. The van der Waals surface area contributed by atoms with Crippen LogP contribution in [0.1, 0.15) is 59.7 Å². The van der Waals surface area contributed by atoms with Crippen LogP contribution in [0.2, 0.25) is 0 Å². The summed E-state index contributed by atoms with van der Waals surface area (Å²) in [4.78, 5) is 43.3. The van der Waals surface area contributed by atoms with Crippen molar-refractivity contribution in [2.24, 2.45) is 5.92 Å². The van der Waals surface area contributed by atoms with Crippen LogP contribution in [0.25, 0.3) is 4.96 Å². The summed E-state index contributed by atoms with van der Waals surface area (Å²) in [6, 6.07) is 7.98. The number of rotatable bonds is 6. The van der Waals surface area contributed by atoms with Crippen molar-refractivity contribution in [2.45, 2.75) is 52.6 Å². The Labute approximate surface area is 184 Å². The molecule has 0 radical (unpaired) electrons. The maximum atomic E-state index is 12.6. The van der Waals surface area contributed by atoms with Gasteiger partial charge in [-0.3, -0.25) is 14.0 Å². The highest BCUT2D eigenvalue weighted by Crippen LogP contribution is 2.28. The van der Waals surface area contributed by atoms with E-state index in [2.05, 4.69) is 10.3 Å². The molecular weight excluding hydrogens is 414 g/mol. The first-order valence-corrected chi connectivity index (χ1v) is 11.3. The number of aryl methyl sites for hydroxylation is 2. The highest BCUT2D eigenvalue weighted by molar-refractivity contribution is 7.17. The number of carbonyl (C=O) groups is 2. The van der Waals surface area contributed by atoms with Crippen LogP contribution in [0.5, 0.6) is 0 Å². The van der Waals surface area contributed by atoms with Gasteiger partial charge in [-0.05, 0) is 55.9 Å². The zero-order chi connectivity index (χ0) is 22.0. The topological polar surface area (TPSA) is 89.8 Å². The van der Waals surface area contributed by atoms with E-state index in [1.807, 2.05) is 13.8 Å². The second-order valence-corrected chi connectivity index (χ2v) is 9.24. The van der Waals surface area contributed by atoms with Gasteiger partial charge in [0.25, 0.3) is 5.56 Å². The Bertz CT molecular complexity index is 1180. The van der Waals surface area contributed by atoms with Crippen molar-refractivity contribution in [3.05, 3.63) is 62.5 Å². The summed E-state index contributed by atoms with van der Waals surface area (Å²) in [5.74, 6) is -0.296. The van der Waals surface area contributed by atoms with Gasteiger partial charge in [-0.15, -0.1) is 11.3 Å². The van der Waals surface area contributed by atoms with Gasteiger partial charge >= 0.3 is 5.97 Å². The zero-order valence-electron chi connectivity index (χ0n) is 17.6. The number of fused-ring (bicyclic) bond motifs is 3. The molecule has 8 heteroatoms. The number of anilines is 1. The lowest BCUT2D eigenvalue weighted by atomic mass is 10.0. The van der Waals surface area contributed by atoms with Crippen LogP contribution in [0, 0.1) is 5.92 Å². The Morgan fingerprint density at radius 2 is 1.94 bits per heavy atom. The minimum atomic E-state index is -0.507. The number of esters is 1. The molecule has 0 saturated heterocycles. The molecule has 2 heterocycles. The van der Waals surface area contributed by atoms with E-state index in [0.29, 0.717) is 28.3 Å². The van der Waals surface area contributed by atoms with E-state index in [0.717, 1.165) is 31.4 Å². The van der Waals surface area contributed by atoms with Gasteiger partial charge in [0.15, 0.2) is 4.96 Å². The van der Waals surface area contributed by atoms with Crippen molar-refractivity contribution >= 4 is 33.9 Å². The average molecular weight is 440 g/mol. The molecule has 0 fully saturated rings. The molecule has 2 aromatic heterocycles. The van der Waals surface area contributed by atoms with Crippen LogP contribution in [-0.4, -0.2) is 21.3 Å². The maximum absolute atomic E-state index is 12.6. The molecule has 162 valence electrons. The van der Waals surface area contributed by atoms with Crippen molar-refractivity contribution < 1.29 is 14.3 Å². The molecule has 1 amide bonds. The third-order valence-corrected chi connectivity index (χ3v) is 6.31. The van der Waals surface area contributed by atoms with Crippen LogP contribution >= 0.6 is 11.3 Å². The highest BCUT2D eigenvalue weighted by atomic mass is 32.1. The predicted octanol–water partition coefficient (Wildman–Crippen LogP) is 3.98. The second-order valence-electron chi connectivity index (χ2n) is 8.18. The molecule has 0 saturated carbocycles. The lowest BCUT2D eigenvalue weighted by Crippen LogP contribution is -2.18. The molecule has 3 aromatic rings. The molecular formula is C23H25N3O4S. The monoisotopic (exact) mass is 439 g/mol. The number of aromatic nitrogens is 2. The number of nitrogens with zero attached hydrogens (tertiary/aromatic N) is 2. The number of benzene rings is 1. The first kappa shape index (κ1) is 21.2. The normalized spacial score (nSPS) is 13.3. The molecule has 0 atom stereocenters. The number of ether oxygens (including phenoxy) is 1. The van der Waals surface area contributed by atoms with Crippen molar-refractivity contribution in [3.63, 3.8) is 0 Å². The number of hydrogen-bond acceptors (Lipinski definition) is 6. The van der Waals surface area contributed by atoms with Gasteiger partial charge in [-0.25, -0.2) is 9.78 Å². The van der Waals surface area contributed by atoms with Crippen LogP contribution in [0.4, 0.5) is 5.69 Å². The van der Waals surface area contributed by atoms with E-state index in [9.17, 15) is 14.4 Å². The number of hydrogen-bond donors (Lipinski definition) is 1. The van der Waals surface area contributed by atoms with Crippen molar-refractivity contribution in [3.8, 4) is 0 Å². The Kier molecular flexibility index (Phi) is 6.18. The summed E-state index contributed by atoms with van der Waals surface area (Å²) in [5.41, 5.74) is 2.38. The van der Waals surface area contributed by atoms with Crippen LogP contribution in [-0.2, 0) is 29.0 Å². The summed E-state index contributed by atoms with van der Waals surface area (Å²) in [5, 5.41) is 2.80. The fraction of sp³-hybridized carbons (Fsp3) is 0.391. The van der Waals surface area contributed by atoms with Gasteiger partial charge in [0.2, 0.25) is 5.91 Å². The molecule has 31 heavy (non-hydrogen) atoms. The van der Waals surface area contributed by atoms with E-state index in [4.69, 9.17) is 4.74 Å². The van der Waals surface area contributed by atoms with Gasteiger partial charge in [0.1, 0.15) is 6.61 Å². The van der Waals surface area contributed by atoms with E-state index in [-0.39, 0.29) is 24.0 Å². The van der Waals surface area contributed by atoms with E-state index in [1.54, 1.807) is 40.0 Å². The van der Waals surface area contributed by atoms with Gasteiger partial charge in [-0.2, -0.15) is 0 Å². The van der Waals surface area contributed by atoms with E-state index in [1.165, 1.54) is 10.9 Å². The van der Waals surface area contributed by atoms with Crippen molar-refractivity contribution in [2.75, 3.05) is 5.32 Å². The molecule has 4 rings (SSSR count). The number of nitrogens with one attached hydrogen (secondary N) is 1. The van der Waals surface area contributed by atoms with E-state index >= 15 is 0 Å². The SMILES string of the molecule is CC(C)CC(=O)Nc1ccc(C(=O)OCc2cc(=O)n3c4c(sc3n2)CCCC4)cc1. The molecule has 1 N–H and O–H groups in total. The third-order valence-electron chi connectivity index (χ3n) is 5.16. The quantitative estimate of drug-likeness (QED) is 0.587. The molecule has 0 bridgehead atoms. The maximum Gasteiger partial charge on any atom is 0.338 e. The van der Waals surface area contributed by atoms with E-state index < -0.39 is 5.97 Å². The lowest BCUT2D eigenvalue weighted by Gasteiger charge is -2.10. The van der Waals surface area contributed by atoms with Gasteiger partial charge in [0.05, 0.1) is 11.3 Å². The molecule has 1 aromatic carbocycles. The molecule has 0 spiro atoms. The van der Waals surface area contributed by atoms with Gasteiger partial charge < -0.3 is 10.1 Å². The minimum Gasteiger partial charge on any atom is -0.456 e. The third kappa shape index (κ3) is 4.85. The first-order valence-electron chi connectivity index (χ1n) is 10.5. The number of amides is 1. The second kappa shape index (κ2) is 9.01. The fourth-order valence-electron chi connectivity index (χ4n) is 3.71. The molecule has 1 aliphatic carbocycles. The smallest absolute Gasteiger partial charge is 0.338 e. The average Bonchev–Trinajstić information content (AvgIpc) is 3.11. The highest BCUT2D eigenvalue weighted by Gasteiger charge is 2.19. The fourth-order valence-corrected chi connectivity index (χ4v) is 4.94. The Morgan fingerprint density at radius 3 is 2.68 bits per heavy atom. The zero-order valence-corrected chi connectivity index (χ0v) is 18.5. The summed E-state index contributed by atoms with van der Waals surface area (Å²) >= 11 is 1.55. The molecule has 0 unspecified atom stereocenters. The van der Waals surface area contributed by atoms with Gasteiger partial charge in [-0.1, -0.05) is 13.8 Å². The van der Waals surface area contributed by atoms with Crippen molar-refractivity contribution in [1.29, 1.82) is 0 Å². The molecule has 7 nitrogen and oxygen atoms in total. The first-order chi connectivity index (χ1) is 14.9. The van der Waals surface area contributed by atoms with Crippen LogP contribution < -0.4 is 10.9 Å². The largest absolute Gasteiger partial charge is 0.456 e. The van der Waals surface area contributed by atoms with Crippen molar-refractivity contribution in [1.82, 2.24) is 9.38 Å². The lowest BCUT2D eigenvalue weighted by molar-refractivity contribution is -0.116. The standard InChI is InChI=1S/C23H25N3O4S/c1-14(2)11-20(27)24-16-9-7-15(8-10-16)22(29)30-13-17-12-21(28)26-18-5-3-4-6-19(18)31-23(26)25-17/h7-10,12,14H,3-6,11,13H2,1-2H3,(H,24,27). The van der Waals surface area contributed by atoms with Crippen LogP contribution in [0.15, 0.2) is 35.1 Å². The number of carbonyl (C=O) groups excluding carboxylic acids is 2. The van der Waals surface area contributed by atoms with Crippen LogP contribution in [0.3, 0.4) is 0 Å². The summed E-state index contributed by atoms with van der Waals surface area (Å²) in [7, 11) is 0. The predicted molar refractivity (Wildman–Crippen MR) is 120 cm³/mol. The Balaban J connectivity index is 1.41. The molecule has 1 aliphatic rings. The Hall–Kier alpha value is -3.00. The number of thiazole rings is 1. The molecule has 0 aliphatic heterocycles. The summed E-state index contributed by atoms with van der Waals surface area (Å²) < 4.78 is 7.05. The minimum absolute atomic E-state index is 0.0617. The van der Waals surface area contributed by atoms with Gasteiger partial charge in [0, 0.05) is 28.7 Å².